The SMILES string of the molecule is c1ccc(-c2cc(-c3cccc(-n4c5ccccc5c5ccc(-c6ccc7c(c6)c6ccccc6n7-c6ccc7oc8cccnc8c7c6)cc54)c3)cc(-c3ccccc3)n2)cc1. The number of aromatic nitrogens is 4. The summed E-state index contributed by atoms with van der Waals surface area (Å²) in [7, 11) is 0. The second kappa shape index (κ2) is 14.0. The summed E-state index contributed by atoms with van der Waals surface area (Å²) in [5.74, 6) is 0. The summed E-state index contributed by atoms with van der Waals surface area (Å²) in [4.78, 5) is 9.81. The minimum Gasteiger partial charge on any atom is -0.454 e. The molecule has 13 aromatic rings. The lowest BCUT2D eigenvalue weighted by molar-refractivity contribution is 0.668. The first kappa shape index (κ1) is 35.2. The van der Waals surface area contributed by atoms with Gasteiger partial charge in [0.15, 0.2) is 5.58 Å². The average Bonchev–Trinajstić information content (AvgIpc) is 4.01. The van der Waals surface area contributed by atoms with Crippen LogP contribution < -0.4 is 0 Å². The summed E-state index contributed by atoms with van der Waals surface area (Å²) < 4.78 is 10.9. The molecule has 5 heterocycles. The van der Waals surface area contributed by atoms with Crippen LogP contribution in [0.5, 0.6) is 0 Å². The molecule has 5 nitrogen and oxygen atoms in total. The second-order valence-corrected chi connectivity index (χ2v) is 16.2. The first-order valence-electron chi connectivity index (χ1n) is 21.3. The molecule has 294 valence electrons. The van der Waals surface area contributed by atoms with E-state index in [1.165, 1.54) is 27.1 Å². The summed E-state index contributed by atoms with van der Waals surface area (Å²) in [6.45, 7) is 0. The van der Waals surface area contributed by atoms with E-state index in [0.717, 1.165) is 94.8 Å². The van der Waals surface area contributed by atoms with E-state index in [0.29, 0.717) is 0 Å². The van der Waals surface area contributed by atoms with E-state index in [4.69, 9.17) is 9.40 Å². The van der Waals surface area contributed by atoms with Gasteiger partial charge >= 0.3 is 0 Å². The van der Waals surface area contributed by atoms with E-state index in [2.05, 4.69) is 202 Å². The Morgan fingerprint density at radius 3 is 1.67 bits per heavy atom. The Balaban J connectivity index is 0.956. The van der Waals surface area contributed by atoms with Crippen molar-refractivity contribution in [3.05, 3.63) is 219 Å². The highest BCUT2D eigenvalue weighted by molar-refractivity contribution is 6.13. The quantitative estimate of drug-likeness (QED) is 0.168. The maximum atomic E-state index is 6.14. The minimum atomic E-state index is 0.795. The van der Waals surface area contributed by atoms with Crippen molar-refractivity contribution in [2.75, 3.05) is 0 Å². The van der Waals surface area contributed by atoms with Gasteiger partial charge in [-0.15, -0.1) is 0 Å². The van der Waals surface area contributed by atoms with E-state index < -0.39 is 0 Å². The van der Waals surface area contributed by atoms with Gasteiger partial charge in [-0.25, -0.2) is 4.98 Å². The van der Waals surface area contributed by atoms with Crippen molar-refractivity contribution in [2.45, 2.75) is 0 Å². The van der Waals surface area contributed by atoms with Gasteiger partial charge in [0.2, 0.25) is 0 Å². The highest BCUT2D eigenvalue weighted by Gasteiger charge is 2.18. The van der Waals surface area contributed by atoms with Crippen LogP contribution in [-0.2, 0) is 0 Å². The molecule has 0 N–H and O–H groups in total. The molecule has 0 radical (unpaired) electrons. The van der Waals surface area contributed by atoms with Gasteiger partial charge in [0.05, 0.1) is 33.5 Å². The van der Waals surface area contributed by atoms with Crippen molar-refractivity contribution >= 4 is 65.7 Å². The summed E-state index contributed by atoms with van der Waals surface area (Å²) in [6.07, 6.45) is 1.82. The first-order chi connectivity index (χ1) is 31.2. The Labute approximate surface area is 362 Å². The molecule has 0 saturated heterocycles. The molecule has 0 saturated carbocycles. The van der Waals surface area contributed by atoms with Gasteiger partial charge in [0.25, 0.3) is 0 Å². The fourth-order valence-corrected chi connectivity index (χ4v) is 9.62. The van der Waals surface area contributed by atoms with Crippen LogP contribution in [0.1, 0.15) is 0 Å². The zero-order valence-electron chi connectivity index (χ0n) is 34.0. The summed E-state index contributed by atoms with van der Waals surface area (Å²) >= 11 is 0. The van der Waals surface area contributed by atoms with Gasteiger partial charge in [0.1, 0.15) is 11.1 Å². The number of benzene rings is 8. The lowest BCUT2D eigenvalue weighted by Gasteiger charge is -2.13. The molecule has 0 fully saturated rings. The maximum absolute atomic E-state index is 6.14. The number of hydrogen-bond acceptors (Lipinski definition) is 3. The number of furan rings is 1. The summed E-state index contributed by atoms with van der Waals surface area (Å²) in [6, 6.07) is 75.8. The van der Waals surface area contributed by atoms with Crippen molar-refractivity contribution in [3.63, 3.8) is 0 Å². The Bertz CT molecular complexity index is 3860. The minimum absolute atomic E-state index is 0.795. The molecule has 0 unspecified atom stereocenters. The largest absolute Gasteiger partial charge is 0.454 e. The Hall–Kier alpha value is -8.54. The van der Waals surface area contributed by atoms with E-state index >= 15 is 0 Å². The highest BCUT2D eigenvalue weighted by atomic mass is 16.3. The predicted molar refractivity (Wildman–Crippen MR) is 260 cm³/mol. The van der Waals surface area contributed by atoms with Crippen LogP contribution in [0.25, 0.3) is 122 Å². The maximum Gasteiger partial charge on any atom is 0.153 e. The number of rotatable bonds is 6. The summed E-state index contributed by atoms with van der Waals surface area (Å²) in [5, 5.41) is 5.86. The highest BCUT2D eigenvalue weighted by Crippen LogP contribution is 2.40. The van der Waals surface area contributed by atoms with E-state index in [9.17, 15) is 0 Å². The molecule has 63 heavy (non-hydrogen) atoms. The second-order valence-electron chi connectivity index (χ2n) is 16.2. The zero-order chi connectivity index (χ0) is 41.4. The molecule has 0 bridgehead atoms. The molecule has 0 aliphatic heterocycles. The van der Waals surface area contributed by atoms with Gasteiger partial charge in [-0.1, -0.05) is 127 Å². The van der Waals surface area contributed by atoms with Gasteiger partial charge in [0, 0.05) is 55.6 Å². The number of nitrogens with zero attached hydrogens (tertiary/aromatic N) is 4. The van der Waals surface area contributed by atoms with Crippen LogP contribution >= 0.6 is 0 Å². The molecule has 5 heteroatoms. The fourth-order valence-electron chi connectivity index (χ4n) is 9.62. The smallest absolute Gasteiger partial charge is 0.153 e. The molecular formula is C58H36N4O. The van der Waals surface area contributed by atoms with Crippen molar-refractivity contribution in [2.24, 2.45) is 0 Å². The van der Waals surface area contributed by atoms with Crippen LogP contribution in [0.15, 0.2) is 223 Å². The van der Waals surface area contributed by atoms with Crippen LogP contribution in [0.2, 0.25) is 0 Å². The third-order valence-corrected chi connectivity index (χ3v) is 12.5. The van der Waals surface area contributed by atoms with Gasteiger partial charge in [-0.2, -0.15) is 0 Å². The molecule has 5 aromatic heterocycles. The number of para-hydroxylation sites is 2. The standard InChI is InChI=1S/C58H36N4O/c1-3-13-37(14-4-1)50-33-42(34-51(60-50)38-15-5-2-6-16-38)39-17-11-18-43(31-39)62-52-21-9-7-19-45(52)47-27-24-41(35-55(47)62)40-25-28-54-48(32-40)46-20-8-10-22-53(46)61(54)44-26-29-56-49(36-44)58-57(63-56)23-12-30-59-58/h1-36H. The van der Waals surface area contributed by atoms with Crippen LogP contribution in [0.3, 0.4) is 0 Å². The molecule has 0 amide bonds. The molecule has 0 aliphatic rings. The van der Waals surface area contributed by atoms with Crippen LogP contribution in [-0.4, -0.2) is 19.1 Å². The molecule has 0 atom stereocenters. The van der Waals surface area contributed by atoms with Crippen LogP contribution in [0.4, 0.5) is 0 Å². The molecule has 13 rings (SSSR count). The lowest BCUT2D eigenvalue weighted by atomic mass is 9.99. The Morgan fingerprint density at radius 1 is 0.317 bits per heavy atom. The molecular weight excluding hydrogens is 769 g/mol. The average molecular weight is 805 g/mol. The van der Waals surface area contributed by atoms with Gasteiger partial charge in [-0.05, 0) is 107 Å². The monoisotopic (exact) mass is 804 g/mol. The van der Waals surface area contributed by atoms with Crippen molar-refractivity contribution in [1.82, 2.24) is 19.1 Å². The first-order valence-corrected chi connectivity index (χ1v) is 21.3. The van der Waals surface area contributed by atoms with Crippen molar-refractivity contribution in [3.8, 4) is 56.1 Å². The molecule has 0 aliphatic carbocycles. The number of pyridine rings is 2. The number of fused-ring (bicyclic) bond motifs is 9. The van der Waals surface area contributed by atoms with Gasteiger partial charge in [-0.3, -0.25) is 4.98 Å². The summed E-state index contributed by atoms with van der Waals surface area (Å²) in [5.41, 5.74) is 18.0. The van der Waals surface area contributed by atoms with Crippen molar-refractivity contribution in [1.29, 1.82) is 0 Å². The molecule has 0 spiro atoms. The Morgan fingerprint density at radius 2 is 0.905 bits per heavy atom. The van der Waals surface area contributed by atoms with Gasteiger partial charge < -0.3 is 13.6 Å². The van der Waals surface area contributed by atoms with Crippen LogP contribution in [0, 0.1) is 0 Å². The fraction of sp³-hybridized carbons (Fsp3) is 0. The predicted octanol–water partition coefficient (Wildman–Crippen LogP) is 15.2. The lowest BCUT2D eigenvalue weighted by Crippen LogP contribution is -1.95. The number of hydrogen-bond donors (Lipinski definition) is 0. The third kappa shape index (κ3) is 5.71. The van der Waals surface area contributed by atoms with E-state index in [1.807, 2.05) is 30.5 Å². The third-order valence-electron chi connectivity index (χ3n) is 12.5. The normalized spacial score (nSPS) is 11.8. The van der Waals surface area contributed by atoms with Crippen molar-refractivity contribution < 1.29 is 4.42 Å². The Kier molecular flexibility index (Phi) is 7.84. The zero-order valence-corrected chi connectivity index (χ0v) is 34.0. The molecule has 8 aromatic carbocycles. The topological polar surface area (TPSA) is 48.8 Å². The van der Waals surface area contributed by atoms with E-state index in [-0.39, 0.29) is 0 Å². The van der Waals surface area contributed by atoms with E-state index in [1.54, 1.807) is 0 Å².